The lowest BCUT2D eigenvalue weighted by Crippen LogP contribution is -2.43. The topological polar surface area (TPSA) is 114 Å². The first-order chi connectivity index (χ1) is 19.4. The van der Waals surface area contributed by atoms with Gasteiger partial charge in [-0.3, -0.25) is 4.79 Å². The van der Waals surface area contributed by atoms with Crippen molar-refractivity contribution in [3.63, 3.8) is 0 Å². The number of nitrogens with zero attached hydrogens (tertiary/aromatic N) is 2. The Morgan fingerprint density at radius 2 is 1.69 bits per heavy atom. The van der Waals surface area contributed by atoms with Gasteiger partial charge in [0.25, 0.3) is 5.91 Å². The third-order valence-corrected chi connectivity index (χ3v) is 7.60. The van der Waals surface area contributed by atoms with Crippen molar-refractivity contribution in [1.29, 1.82) is 0 Å². The second-order valence-corrected chi connectivity index (χ2v) is 11.0. The third-order valence-electron chi connectivity index (χ3n) is 7.60. The van der Waals surface area contributed by atoms with E-state index in [0.29, 0.717) is 28.9 Å². The molecule has 2 aromatic heterocycles. The van der Waals surface area contributed by atoms with Crippen LogP contribution in [0.3, 0.4) is 0 Å². The van der Waals surface area contributed by atoms with Gasteiger partial charge in [-0.25, -0.2) is 18.6 Å². The van der Waals surface area contributed by atoms with Gasteiger partial charge >= 0.3 is 19.3 Å². The summed E-state index contributed by atoms with van der Waals surface area (Å²) in [6, 6.07) is 0.664. The molecular weight excluding hydrogens is 566 g/mol. The first-order valence-corrected chi connectivity index (χ1v) is 13.1. The van der Waals surface area contributed by atoms with Gasteiger partial charge in [-0.2, -0.15) is 13.2 Å². The minimum absolute atomic E-state index is 0.301. The number of hydrogen-bond donors (Lipinski definition) is 3. The molecule has 0 bridgehead atoms. The average Bonchev–Trinajstić information content (AvgIpc) is 3.43. The van der Waals surface area contributed by atoms with Crippen molar-refractivity contribution in [1.82, 2.24) is 14.7 Å². The smallest absolute Gasteiger partial charge is 0.480 e. The Labute approximate surface area is 238 Å². The van der Waals surface area contributed by atoms with Gasteiger partial charge in [-0.1, -0.05) is 13.0 Å². The first kappa shape index (κ1) is 31.2. The summed E-state index contributed by atoms with van der Waals surface area (Å²) in [4.78, 5) is 29.2. The van der Waals surface area contributed by atoms with E-state index in [-0.39, 0.29) is 6.42 Å². The number of anilines is 1. The molecule has 3 N–H and O–H groups in total. The van der Waals surface area contributed by atoms with Gasteiger partial charge in [0.2, 0.25) is 0 Å². The summed E-state index contributed by atoms with van der Waals surface area (Å²) in [5, 5.41) is 13.9. The number of aliphatic carboxylic acids is 1. The van der Waals surface area contributed by atoms with Gasteiger partial charge in [-0.15, -0.1) is 0 Å². The molecule has 1 amide bonds. The van der Waals surface area contributed by atoms with Crippen LogP contribution in [0.1, 0.15) is 57.1 Å². The van der Waals surface area contributed by atoms with Crippen molar-refractivity contribution in [3.05, 3.63) is 59.6 Å². The maximum absolute atomic E-state index is 14.8. The molecule has 42 heavy (non-hydrogen) atoms. The zero-order chi connectivity index (χ0) is 31.2. The number of pyridine rings is 1. The molecule has 1 aliphatic rings. The van der Waals surface area contributed by atoms with Crippen molar-refractivity contribution in [2.45, 2.75) is 76.9 Å². The van der Waals surface area contributed by atoms with Crippen LogP contribution in [0.15, 0.2) is 36.7 Å². The molecule has 2 unspecified atom stereocenters. The van der Waals surface area contributed by atoms with E-state index in [1.807, 2.05) is 33.0 Å². The quantitative estimate of drug-likeness (QED) is 0.252. The van der Waals surface area contributed by atoms with E-state index in [9.17, 15) is 36.6 Å². The number of benzene rings is 1. The molecule has 0 spiro atoms. The lowest BCUT2D eigenvalue weighted by Gasteiger charge is -2.32. The minimum Gasteiger partial charge on any atom is -0.480 e. The number of amides is 1. The number of nitrogens with one attached hydrogen (secondary N) is 2. The Kier molecular flexibility index (Phi) is 8.31. The van der Waals surface area contributed by atoms with Crippen molar-refractivity contribution < 1.29 is 46.0 Å². The number of carboxylic acid groups (broad SMARTS) is 1. The third kappa shape index (κ3) is 6.07. The normalized spacial score (nSPS) is 17.7. The molecule has 1 aromatic carbocycles. The van der Waals surface area contributed by atoms with Crippen LogP contribution in [0.2, 0.25) is 0 Å². The fourth-order valence-corrected chi connectivity index (χ4v) is 4.54. The molecule has 0 aliphatic carbocycles. The number of imidazole rings is 1. The predicted octanol–water partition coefficient (Wildman–Crippen LogP) is 4.09. The van der Waals surface area contributed by atoms with Gasteiger partial charge in [-0.05, 0) is 52.3 Å². The monoisotopic (exact) mass is 596 g/mol. The standard InChI is InChI=1S/C27H30BF5N4O5/c1-6-20(27(31,32)33)35-14-11-17(29)21(18(30)12-14)23(38)36-19(24(39)40)13-15-7-8-16(22-34-9-10-37(15)22)28-41-25(2,3)26(4,5)42-28/h7-12,19-20,35H,6,13H2,1-5H3,(H,36,38)(H,39,40). The Balaban J connectivity index is 1.56. The van der Waals surface area contributed by atoms with Crippen LogP contribution >= 0.6 is 0 Å². The van der Waals surface area contributed by atoms with E-state index in [1.165, 1.54) is 13.1 Å². The maximum atomic E-state index is 14.8. The van der Waals surface area contributed by atoms with E-state index in [0.717, 1.165) is 0 Å². The zero-order valence-corrected chi connectivity index (χ0v) is 23.5. The molecule has 3 aromatic rings. The van der Waals surface area contributed by atoms with Crippen molar-refractivity contribution in [3.8, 4) is 0 Å². The molecular formula is C27H30BF5N4O5. The van der Waals surface area contributed by atoms with Crippen LogP contribution in [-0.2, 0) is 20.5 Å². The van der Waals surface area contributed by atoms with Crippen LogP contribution in [0, 0.1) is 11.6 Å². The molecule has 0 radical (unpaired) electrons. The average molecular weight is 596 g/mol. The lowest BCUT2D eigenvalue weighted by molar-refractivity contribution is -0.143. The number of aromatic nitrogens is 2. The molecule has 9 nitrogen and oxygen atoms in total. The van der Waals surface area contributed by atoms with Crippen molar-refractivity contribution >= 4 is 35.8 Å². The molecule has 15 heteroatoms. The molecule has 1 aliphatic heterocycles. The second kappa shape index (κ2) is 11.2. The van der Waals surface area contributed by atoms with Crippen LogP contribution < -0.4 is 16.1 Å². The molecule has 0 saturated carbocycles. The van der Waals surface area contributed by atoms with Gasteiger partial charge < -0.3 is 29.4 Å². The highest BCUT2D eigenvalue weighted by atomic mass is 19.4. The number of hydrogen-bond acceptors (Lipinski definition) is 6. The van der Waals surface area contributed by atoms with Gasteiger partial charge in [0.05, 0.1) is 11.2 Å². The van der Waals surface area contributed by atoms with Gasteiger partial charge in [0.1, 0.15) is 34.9 Å². The van der Waals surface area contributed by atoms with E-state index >= 15 is 0 Å². The van der Waals surface area contributed by atoms with Crippen LogP contribution in [0.25, 0.3) is 5.65 Å². The fraction of sp³-hybridized carbons (Fsp3) is 0.444. The number of halogens is 5. The molecule has 2 atom stereocenters. The van der Waals surface area contributed by atoms with Crippen LogP contribution in [-0.4, -0.2) is 62.9 Å². The summed E-state index contributed by atoms with van der Waals surface area (Å²) in [5.41, 5.74) is -1.48. The van der Waals surface area contributed by atoms with E-state index in [2.05, 4.69) is 10.3 Å². The summed E-state index contributed by atoms with van der Waals surface area (Å²) in [5.74, 6) is -5.79. The molecule has 1 fully saturated rings. The Morgan fingerprint density at radius 1 is 1.10 bits per heavy atom. The first-order valence-electron chi connectivity index (χ1n) is 13.1. The number of carbonyl (C=O) groups excluding carboxylic acids is 1. The SMILES string of the molecule is CCC(Nc1cc(F)c(C(=O)NC(Cc2ccc(B3OC(C)(C)C(C)(C)O3)c3nccn23)C(=O)O)c(F)c1)C(F)(F)F. The summed E-state index contributed by atoms with van der Waals surface area (Å²) >= 11 is 0. The zero-order valence-electron chi connectivity index (χ0n) is 23.5. The van der Waals surface area contributed by atoms with Gasteiger partial charge in [0.15, 0.2) is 0 Å². The number of rotatable bonds is 9. The van der Waals surface area contributed by atoms with E-state index < -0.39 is 77.8 Å². The number of alkyl halides is 3. The summed E-state index contributed by atoms with van der Waals surface area (Å²) < 4.78 is 82.5. The molecule has 226 valence electrons. The van der Waals surface area contributed by atoms with Gasteiger partial charge in [0, 0.05) is 35.7 Å². The Bertz CT molecular complexity index is 1470. The van der Waals surface area contributed by atoms with Crippen LogP contribution in [0.4, 0.5) is 27.6 Å². The largest absolute Gasteiger partial charge is 0.498 e. The lowest BCUT2D eigenvalue weighted by atomic mass is 9.79. The molecule has 4 rings (SSSR count). The minimum atomic E-state index is -4.67. The maximum Gasteiger partial charge on any atom is 0.498 e. The highest BCUT2D eigenvalue weighted by molar-refractivity contribution is 6.64. The molecule has 3 heterocycles. The highest BCUT2D eigenvalue weighted by Crippen LogP contribution is 2.36. The van der Waals surface area contributed by atoms with Crippen LogP contribution in [0.5, 0.6) is 0 Å². The summed E-state index contributed by atoms with van der Waals surface area (Å²) in [6.45, 7) is 8.82. The second-order valence-electron chi connectivity index (χ2n) is 11.0. The Morgan fingerprint density at radius 3 is 2.21 bits per heavy atom. The highest BCUT2D eigenvalue weighted by Gasteiger charge is 2.52. The number of carbonyl (C=O) groups is 2. The fourth-order valence-electron chi connectivity index (χ4n) is 4.54. The van der Waals surface area contributed by atoms with E-state index in [1.54, 1.807) is 22.7 Å². The number of carboxylic acids is 1. The predicted molar refractivity (Wildman–Crippen MR) is 144 cm³/mol. The molecule has 1 saturated heterocycles. The Hall–Kier alpha value is -3.72. The summed E-state index contributed by atoms with van der Waals surface area (Å²) in [7, 11) is -0.754. The van der Waals surface area contributed by atoms with E-state index in [4.69, 9.17) is 9.31 Å². The van der Waals surface area contributed by atoms with Crippen molar-refractivity contribution in [2.24, 2.45) is 0 Å². The summed E-state index contributed by atoms with van der Waals surface area (Å²) in [6.07, 6.45) is -2.31. The van der Waals surface area contributed by atoms with Crippen molar-refractivity contribution in [2.75, 3.05) is 5.32 Å². The number of fused-ring (bicyclic) bond motifs is 1.